The van der Waals surface area contributed by atoms with E-state index in [2.05, 4.69) is 29.2 Å². The number of piperazine rings is 1. The minimum Gasteiger partial charge on any atom is -0.486 e. The largest absolute Gasteiger partial charge is 0.486 e. The monoisotopic (exact) mass is 338 g/mol. The van der Waals surface area contributed by atoms with Crippen molar-refractivity contribution < 1.29 is 14.3 Å². The molecule has 0 unspecified atom stereocenters. The van der Waals surface area contributed by atoms with E-state index in [1.807, 2.05) is 29.2 Å². The molecule has 0 aliphatic carbocycles. The van der Waals surface area contributed by atoms with Crippen molar-refractivity contribution >= 4 is 11.6 Å². The number of nitrogens with zero attached hydrogens (tertiary/aromatic N) is 2. The van der Waals surface area contributed by atoms with Crippen molar-refractivity contribution in [1.82, 2.24) is 4.90 Å². The molecule has 2 aromatic rings. The van der Waals surface area contributed by atoms with E-state index >= 15 is 0 Å². The Morgan fingerprint density at radius 1 is 0.880 bits per heavy atom. The van der Waals surface area contributed by atoms with Crippen LogP contribution in [0, 0.1) is 0 Å². The number of anilines is 1. The van der Waals surface area contributed by atoms with Gasteiger partial charge in [0.2, 0.25) is 5.91 Å². The van der Waals surface area contributed by atoms with Gasteiger partial charge < -0.3 is 19.3 Å². The lowest BCUT2D eigenvalue weighted by molar-refractivity contribution is -0.130. The molecule has 2 aliphatic heterocycles. The Kier molecular flexibility index (Phi) is 4.46. The summed E-state index contributed by atoms with van der Waals surface area (Å²) in [5.41, 5.74) is 2.20. The molecular weight excluding hydrogens is 316 g/mol. The van der Waals surface area contributed by atoms with Crippen LogP contribution in [0.4, 0.5) is 5.69 Å². The number of fused-ring (bicyclic) bond motifs is 1. The number of para-hydroxylation sites is 1. The van der Waals surface area contributed by atoms with Crippen LogP contribution in [-0.4, -0.2) is 50.2 Å². The topological polar surface area (TPSA) is 42.0 Å². The predicted octanol–water partition coefficient (Wildman–Crippen LogP) is 2.35. The van der Waals surface area contributed by atoms with E-state index in [1.165, 1.54) is 5.69 Å². The summed E-state index contributed by atoms with van der Waals surface area (Å²) in [5.74, 6) is 1.67. The highest BCUT2D eigenvalue weighted by molar-refractivity contribution is 5.79. The van der Waals surface area contributed by atoms with Crippen LogP contribution in [0.25, 0.3) is 0 Å². The molecule has 0 saturated carbocycles. The summed E-state index contributed by atoms with van der Waals surface area (Å²) in [6.45, 7) is 4.41. The fourth-order valence-electron chi connectivity index (χ4n) is 3.34. The van der Waals surface area contributed by atoms with Gasteiger partial charge in [0.05, 0.1) is 6.42 Å². The zero-order valence-corrected chi connectivity index (χ0v) is 14.2. The van der Waals surface area contributed by atoms with Crippen LogP contribution in [0.3, 0.4) is 0 Å². The third-order valence-electron chi connectivity index (χ3n) is 4.72. The molecule has 0 aromatic heterocycles. The molecular formula is C20H22N2O3. The van der Waals surface area contributed by atoms with Gasteiger partial charge in [-0.15, -0.1) is 0 Å². The average Bonchev–Trinajstić information content (AvgIpc) is 2.69. The number of hydrogen-bond donors (Lipinski definition) is 0. The standard InChI is InChI=1S/C20H22N2O3/c23-20(15-16-6-7-18-19(14-16)25-13-12-24-18)22-10-8-21(9-11-22)17-4-2-1-3-5-17/h1-7,14H,8-13,15H2. The molecule has 5 heteroatoms. The van der Waals surface area contributed by atoms with Gasteiger partial charge in [-0.25, -0.2) is 0 Å². The van der Waals surface area contributed by atoms with Crippen molar-refractivity contribution in [2.24, 2.45) is 0 Å². The fraction of sp³-hybridized carbons (Fsp3) is 0.350. The van der Waals surface area contributed by atoms with Crippen LogP contribution in [-0.2, 0) is 11.2 Å². The predicted molar refractivity (Wildman–Crippen MR) is 96.4 cm³/mol. The highest BCUT2D eigenvalue weighted by Crippen LogP contribution is 2.31. The Morgan fingerprint density at radius 2 is 1.60 bits per heavy atom. The molecule has 2 aliphatic rings. The lowest BCUT2D eigenvalue weighted by Gasteiger charge is -2.36. The first-order valence-corrected chi connectivity index (χ1v) is 8.76. The van der Waals surface area contributed by atoms with E-state index in [9.17, 15) is 4.79 Å². The van der Waals surface area contributed by atoms with Crippen molar-refractivity contribution in [2.45, 2.75) is 6.42 Å². The summed E-state index contributed by atoms with van der Waals surface area (Å²) in [4.78, 5) is 16.9. The Labute approximate surface area is 147 Å². The van der Waals surface area contributed by atoms with Crippen molar-refractivity contribution in [1.29, 1.82) is 0 Å². The van der Waals surface area contributed by atoms with Crippen LogP contribution in [0.2, 0.25) is 0 Å². The SMILES string of the molecule is O=C(Cc1ccc2c(c1)OCCO2)N1CCN(c2ccccc2)CC1. The molecule has 0 bridgehead atoms. The lowest BCUT2D eigenvalue weighted by atomic mass is 10.1. The van der Waals surface area contributed by atoms with Crippen LogP contribution in [0.5, 0.6) is 11.5 Å². The summed E-state index contributed by atoms with van der Waals surface area (Å²) in [5, 5.41) is 0. The number of hydrogen-bond acceptors (Lipinski definition) is 4. The minimum absolute atomic E-state index is 0.171. The Morgan fingerprint density at radius 3 is 2.36 bits per heavy atom. The van der Waals surface area contributed by atoms with E-state index in [4.69, 9.17) is 9.47 Å². The molecule has 2 heterocycles. The van der Waals surface area contributed by atoms with Crippen molar-refractivity contribution in [2.75, 3.05) is 44.3 Å². The highest BCUT2D eigenvalue weighted by Gasteiger charge is 2.22. The number of ether oxygens (including phenoxy) is 2. The molecule has 130 valence electrons. The highest BCUT2D eigenvalue weighted by atomic mass is 16.6. The molecule has 0 N–H and O–H groups in total. The van der Waals surface area contributed by atoms with E-state index in [0.29, 0.717) is 19.6 Å². The van der Waals surface area contributed by atoms with Crippen molar-refractivity contribution in [3.8, 4) is 11.5 Å². The first kappa shape index (κ1) is 15.8. The summed E-state index contributed by atoms with van der Waals surface area (Å²) in [6.07, 6.45) is 0.405. The van der Waals surface area contributed by atoms with Crippen LogP contribution >= 0.6 is 0 Å². The third kappa shape index (κ3) is 3.55. The number of benzene rings is 2. The second-order valence-corrected chi connectivity index (χ2v) is 6.36. The van der Waals surface area contributed by atoms with Gasteiger partial charge in [-0.1, -0.05) is 24.3 Å². The quantitative estimate of drug-likeness (QED) is 0.862. The molecule has 1 fully saturated rings. The van der Waals surface area contributed by atoms with Crippen LogP contribution in [0.1, 0.15) is 5.56 Å². The van der Waals surface area contributed by atoms with Crippen molar-refractivity contribution in [3.05, 3.63) is 54.1 Å². The maximum atomic E-state index is 12.6. The van der Waals surface area contributed by atoms with E-state index in [0.717, 1.165) is 43.2 Å². The zero-order chi connectivity index (χ0) is 17.1. The van der Waals surface area contributed by atoms with Gasteiger partial charge in [0.1, 0.15) is 13.2 Å². The van der Waals surface area contributed by atoms with Gasteiger partial charge in [-0.3, -0.25) is 4.79 Å². The van der Waals surface area contributed by atoms with Crippen molar-refractivity contribution in [3.63, 3.8) is 0 Å². The maximum absolute atomic E-state index is 12.6. The number of amides is 1. The van der Waals surface area contributed by atoms with E-state index < -0.39 is 0 Å². The molecule has 25 heavy (non-hydrogen) atoms. The van der Waals surface area contributed by atoms with E-state index in [1.54, 1.807) is 0 Å². The first-order chi connectivity index (χ1) is 12.3. The Balaban J connectivity index is 1.35. The number of carbonyl (C=O) groups excluding carboxylic acids is 1. The third-order valence-corrected chi connectivity index (χ3v) is 4.72. The van der Waals surface area contributed by atoms with Crippen LogP contribution < -0.4 is 14.4 Å². The average molecular weight is 338 g/mol. The number of carbonyl (C=O) groups is 1. The molecule has 0 spiro atoms. The van der Waals surface area contributed by atoms with Gasteiger partial charge in [0, 0.05) is 31.9 Å². The smallest absolute Gasteiger partial charge is 0.227 e. The summed E-state index contributed by atoms with van der Waals surface area (Å²) < 4.78 is 11.1. The molecule has 4 rings (SSSR count). The minimum atomic E-state index is 0.171. The van der Waals surface area contributed by atoms with Gasteiger partial charge in [-0.05, 0) is 29.8 Å². The molecule has 0 radical (unpaired) electrons. The van der Waals surface area contributed by atoms with Gasteiger partial charge in [0.15, 0.2) is 11.5 Å². The normalized spacial score (nSPS) is 16.6. The fourth-order valence-corrected chi connectivity index (χ4v) is 3.34. The maximum Gasteiger partial charge on any atom is 0.227 e. The lowest BCUT2D eigenvalue weighted by Crippen LogP contribution is -2.49. The van der Waals surface area contributed by atoms with Gasteiger partial charge >= 0.3 is 0 Å². The first-order valence-electron chi connectivity index (χ1n) is 8.76. The van der Waals surface area contributed by atoms with E-state index in [-0.39, 0.29) is 5.91 Å². The molecule has 1 saturated heterocycles. The number of rotatable bonds is 3. The molecule has 2 aromatic carbocycles. The molecule has 5 nitrogen and oxygen atoms in total. The molecule has 1 amide bonds. The van der Waals surface area contributed by atoms with Crippen LogP contribution in [0.15, 0.2) is 48.5 Å². The van der Waals surface area contributed by atoms with Gasteiger partial charge in [0.25, 0.3) is 0 Å². The van der Waals surface area contributed by atoms with Gasteiger partial charge in [-0.2, -0.15) is 0 Å². The summed E-state index contributed by atoms with van der Waals surface area (Å²) in [6, 6.07) is 16.1. The second-order valence-electron chi connectivity index (χ2n) is 6.36. The Bertz CT molecular complexity index is 740. The summed E-state index contributed by atoms with van der Waals surface area (Å²) in [7, 11) is 0. The summed E-state index contributed by atoms with van der Waals surface area (Å²) >= 11 is 0. The molecule has 0 atom stereocenters. The zero-order valence-electron chi connectivity index (χ0n) is 14.2. The Hall–Kier alpha value is -2.69. The second kappa shape index (κ2) is 7.05.